The Morgan fingerprint density at radius 1 is 1.53 bits per heavy atom. The maximum atomic E-state index is 12.5. The van der Waals surface area contributed by atoms with E-state index in [4.69, 9.17) is 17.4 Å². The van der Waals surface area contributed by atoms with Crippen LogP contribution in [-0.2, 0) is 0 Å². The van der Waals surface area contributed by atoms with Crippen LogP contribution < -0.4 is 11.3 Å². The smallest absolute Gasteiger partial charge is 0.256 e. The summed E-state index contributed by atoms with van der Waals surface area (Å²) in [4.78, 5) is 16.5. The average Bonchev–Trinajstić information content (AvgIpc) is 2.87. The van der Waals surface area contributed by atoms with Gasteiger partial charge < -0.3 is 15.2 Å². The third kappa shape index (κ3) is 3.00. The van der Waals surface area contributed by atoms with Crippen LogP contribution in [0.15, 0.2) is 18.2 Å². The fourth-order valence-corrected chi connectivity index (χ4v) is 2.51. The monoisotopic (exact) mass is 282 g/mol. The van der Waals surface area contributed by atoms with Crippen LogP contribution in [0.5, 0.6) is 0 Å². The maximum Gasteiger partial charge on any atom is 0.256 e. The first-order valence-electron chi connectivity index (χ1n) is 6.25. The van der Waals surface area contributed by atoms with E-state index in [0.29, 0.717) is 22.3 Å². The van der Waals surface area contributed by atoms with Gasteiger partial charge in [0.1, 0.15) is 0 Å². The van der Waals surface area contributed by atoms with Crippen LogP contribution in [0.1, 0.15) is 16.8 Å². The number of carbonyl (C=O) groups is 1. The quantitative estimate of drug-likeness (QED) is 0.650. The van der Waals surface area contributed by atoms with Gasteiger partial charge in [-0.25, -0.2) is 0 Å². The lowest BCUT2D eigenvalue weighted by Gasteiger charge is -2.21. The van der Waals surface area contributed by atoms with Gasteiger partial charge in [0.25, 0.3) is 5.91 Å². The third-order valence-corrected chi connectivity index (χ3v) is 3.78. The minimum absolute atomic E-state index is 0.0280. The third-order valence-electron chi connectivity index (χ3n) is 3.55. The largest absolute Gasteiger partial charge is 0.337 e. The molecule has 0 aromatic heterocycles. The van der Waals surface area contributed by atoms with Crippen molar-refractivity contribution < 1.29 is 4.79 Å². The predicted molar refractivity (Wildman–Crippen MR) is 77.3 cm³/mol. The molecule has 1 aliphatic heterocycles. The molecule has 1 fully saturated rings. The van der Waals surface area contributed by atoms with Gasteiger partial charge in [0.15, 0.2) is 0 Å². The van der Waals surface area contributed by atoms with E-state index >= 15 is 0 Å². The van der Waals surface area contributed by atoms with Crippen molar-refractivity contribution >= 4 is 23.2 Å². The van der Waals surface area contributed by atoms with Crippen molar-refractivity contribution in [1.82, 2.24) is 9.80 Å². The molecule has 2 rings (SSSR count). The number of nitrogens with two attached hydrogens (primary N) is 1. The van der Waals surface area contributed by atoms with Crippen LogP contribution in [0.2, 0.25) is 5.02 Å². The molecular weight excluding hydrogens is 264 g/mol. The van der Waals surface area contributed by atoms with Gasteiger partial charge in [-0.15, -0.1) is 0 Å². The van der Waals surface area contributed by atoms with E-state index in [0.717, 1.165) is 19.5 Å². The van der Waals surface area contributed by atoms with Gasteiger partial charge in [-0.3, -0.25) is 10.6 Å². The Bertz CT molecular complexity index is 478. The maximum absolute atomic E-state index is 12.5. The van der Waals surface area contributed by atoms with Crippen LogP contribution in [-0.4, -0.2) is 48.9 Å². The highest BCUT2D eigenvalue weighted by Gasteiger charge is 2.29. The molecule has 0 saturated carbocycles. The summed E-state index contributed by atoms with van der Waals surface area (Å²) in [6, 6.07) is 5.49. The molecule has 0 bridgehead atoms. The molecule has 6 heteroatoms. The molecule has 5 nitrogen and oxygen atoms in total. The number of nitrogen functional groups attached to an aromatic ring is 1. The van der Waals surface area contributed by atoms with Crippen LogP contribution in [0.25, 0.3) is 0 Å². The number of rotatable bonds is 3. The lowest BCUT2D eigenvalue weighted by atomic mass is 10.1. The molecule has 1 aromatic rings. The minimum atomic E-state index is -0.0280. The lowest BCUT2D eigenvalue weighted by Crippen LogP contribution is -2.34. The molecule has 1 atom stereocenters. The van der Waals surface area contributed by atoms with Gasteiger partial charge in [0, 0.05) is 24.2 Å². The summed E-state index contributed by atoms with van der Waals surface area (Å²) < 4.78 is 0. The molecule has 104 valence electrons. The lowest BCUT2D eigenvalue weighted by molar-refractivity contribution is 0.0784. The number of nitrogens with one attached hydrogen (secondary N) is 1. The van der Waals surface area contributed by atoms with Gasteiger partial charge in [-0.05, 0) is 38.7 Å². The normalized spacial score (nSPS) is 19.0. The van der Waals surface area contributed by atoms with Crippen LogP contribution in [0, 0.1) is 0 Å². The number of likely N-dealkylation sites (tertiary alicyclic amines) is 1. The van der Waals surface area contributed by atoms with Gasteiger partial charge >= 0.3 is 0 Å². The van der Waals surface area contributed by atoms with Crippen LogP contribution in [0.3, 0.4) is 0 Å². The van der Waals surface area contributed by atoms with Crippen LogP contribution in [0.4, 0.5) is 5.69 Å². The van der Waals surface area contributed by atoms with Crippen LogP contribution >= 0.6 is 11.6 Å². The van der Waals surface area contributed by atoms with Crippen molar-refractivity contribution in [2.75, 3.05) is 32.6 Å². The van der Waals surface area contributed by atoms with Crippen molar-refractivity contribution in [3.8, 4) is 0 Å². The van der Waals surface area contributed by atoms with Crippen molar-refractivity contribution in [2.24, 2.45) is 5.84 Å². The summed E-state index contributed by atoms with van der Waals surface area (Å²) in [6.45, 7) is 1.50. The fourth-order valence-electron chi connectivity index (χ4n) is 2.34. The predicted octanol–water partition coefficient (Wildman–Crippen LogP) is 1.40. The SMILES string of the molecule is CN(C)C1CCN(C(=O)c2cc(Cl)ccc2NN)C1. The molecule has 19 heavy (non-hydrogen) atoms. The first-order chi connectivity index (χ1) is 9.02. The topological polar surface area (TPSA) is 61.6 Å². The van der Waals surface area contributed by atoms with E-state index < -0.39 is 0 Å². The van der Waals surface area contributed by atoms with Crippen molar-refractivity contribution in [3.05, 3.63) is 28.8 Å². The molecule has 0 aliphatic carbocycles. The number of carbonyl (C=O) groups excluding carboxylic acids is 1. The molecule has 1 saturated heterocycles. The summed E-state index contributed by atoms with van der Waals surface area (Å²) >= 11 is 5.96. The Labute approximate surface area is 118 Å². The highest BCUT2D eigenvalue weighted by Crippen LogP contribution is 2.24. The number of anilines is 1. The molecule has 1 aliphatic rings. The van der Waals surface area contributed by atoms with E-state index in [1.807, 2.05) is 19.0 Å². The standard InChI is InChI=1S/C13H19ClN4O/c1-17(2)10-5-6-18(8-10)13(19)11-7-9(14)3-4-12(11)16-15/h3-4,7,10,16H,5-6,8,15H2,1-2H3. The molecule has 0 radical (unpaired) electrons. The van der Waals surface area contributed by atoms with E-state index in [1.165, 1.54) is 0 Å². The highest BCUT2D eigenvalue weighted by molar-refractivity contribution is 6.31. The van der Waals surface area contributed by atoms with Crippen molar-refractivity contribution in [3.63, 3.8) is 0 Å². The van der Waals surface area contributed by atoms with Gasteiger partial charge in [-0.1, -0.05) is 11.6 Å². The number of nitrogens with zero attached hydrogens (tertiary/aromatic N) is 2. The van der Waals surface area contributed by atoms with E-state index in [2.05, 4.69) is 10.3 Å². The van der Waals surface area contributed by atoms with E-state index in [1.54, 1.807) is 18.2 Å². The molecular formula is C13H19ClN4O. The summed E-state index contributed by atoms with van der Waals surface area (Å²) in [6.07, 6.45) is 0.991. The Morgan fingerprint density at radius 3 is 2.84 bits per heavy atom. The first-order valence-corrected chi connectivity index (χ1v) is 6.62. The van der Waals surface area contributed by atoms with Crippen molar-refractivity contribution in [1.29, 1.82) is 0 Å². The number of hydrazine groups is 1. The zero-order chi connectivity index (χ0) is 14.0. The minimum Gasteiger partial charge on any atom is -0.337 e. The van der Waals surface area contributed by atoms with E-state index in [-0.39, 0.29) is 5.91 Å². The Balaban J connectivity index is 2.19. The zero-order valence-corrected chi connectivity index (χ0v) is 11.9. The number of hydrogen-bond donors (Lipinski definition) is 2. The second kappa shape index (κ2) is 5.77. The first kappa shape index (κ1) is 14.1. The molecule has 1 unspecified atom stereocenters. The van der Waals surface area contributed by atoms with Crippen molar-refractivity contribution in [2.45, 2.75) is 12.5 Å². The number of likely N-dealkylation sites (N-methyl/N-ethyl adjacent to an activating group) is 1. The summed E-state index contributed by atoms with van der Waals surface area (Å²) in [5.41, 5.74) is 3.67. The zero-order valence-electron chi connectivity index (χ0n) is 11.2. The summed E-state index contributed by atoms with van der Waals surface area (Å²) in [5.74, 6) is 5.41. The fraction of sp³-hybridized carbons (Fsp3) is 0.462. The molecule has 0 spiro atoms. The number of amides is 1. The highest BCUT2D eigenvalue weighted by atomic mass is 35.5. The number of benzene rings is 1. The summed E-state index contributed by atoms with van der Waals surface area (Å²) in [7, 11) is 4.07. The second-order valence-corrected chi connectivity index (χ2v) is 5.43. The van der Waals surface area contributed by atoms with Gasteiger partial charge in [0.2, 0.25) is 0 Å². The molecule has 1 heterocycles. The second-order valence-electron chi connectivity index (χ2n) is 4.99. The molecule has 1 aromatic carbocycles. The number of hydrogen-bond acceptors (Lipinski definition) is 4. The Kier molecular flexibility index (Phi) is 4.29. The Hall–Kier alpha value is -1.30. The number of halogens is 1. The van der Waals surface area contributed by atoms with Gasteiger partial charge in [-0.2, -0.15) is 0 Å². The Morgan fingerprint density at radius 2 is 2.26 bits per heavy atom. The molecule has 1 amide bonds. The average molecular weight is 283 g/mol. The van der Waals surface area contributed by atoms with E-state index in [9.17, 15) is 4.79 Å². The molecule has 3 N–H and O–H groups in total. The summed E-state index contributed by atoms with van der Waals surface area (Å²) in [5, 5.41) is 0.533. The van der Waals surface area contributed by atoms with Gasteiger partial charge in [0.05, 0.1) is 11.3 Å².